The summed E-state index contributed by atoms with van der Waals surface area (Å²) in [5.74, 6) is 0. The lowest BCUT2D eigenvalue weighted by Gasteiger charge is -2.43. The van der Waals surface area contributed by atoms with Gasteiger partial charge in [0.2, 0.25) is 0 Å². The zero-order valence-corrected chi connectivity index (χ0v) is 8.64. The molecule has 0 radical (unpaired) electrons. The van der Waals surface area contributed by atoms with Crippen LogP contribution in [0.25, 0.3) is 0 Å². The van der Waals surface area contributed by atoms with E-state index in [0.29, 0.717) is 11.6 Å². The molecule has 0 bridgehead atoms. The van der Waals surface area contributed by atoms with E-state index in [0.717, 1.165) is 13.0 Å². The Morgan fingerprint density at radius 3 is 2.62 bits per heavy atom. The largest absolute Gasteiger partial charge is 0.363 e. The topological polar surface area (TPSA) is 21.3 Å². The molecule has 1 spiro atoms. The summed E-state index contributed by atoms with van der Waals surface area (Å²) >= 11 is 0. The standard InChI is InChI=1S/C11H21NO/c1-2-10-12-8-11(9-13-10)6-4-3-5-7-11/h10,12H,2-9H2,1H3. The van der Waals surface area contributed by atoms with Gasteiger partial charge in [-0.2, -0.15) is 0 Å². The van der Waals surface area contributed by atoms with E-state index in [-0.39, 0.29) is 0 Å². The van der Waals surface area contributed by atoms with E-state index in [2.05, 4.69) is 12.2 Å². The summed E-state index contributed by atoms with van der Waals surface area (Å²) in [7, 11) is 0. The third-order valence-electron chi connectivity index (χ3n) is 3.58. The zero-order valence-electron chi connectivity index (χ0n) is 8.64. The van der Waals surface area contributed by atoms with Crippen LogP contribution in [0.15, 0.2) is 0 Å². The Balaban J connectivity index is 1.87. The van der Waals surface area contributed by atoms with E-state index >= 15 is 0 Å². The minimum absolute atomic E-state index is 0.326. The maximum Gasteiger partial charge on any atom is 0.107 e. The first-order chi connectivity index (χ1) is 6.35. The molecule has 0 amide bonds. The van der Waals surface area contributed by atoms with Crippen LogP contribution < -0.4 is 5.32 Å². The van der Waals surface area contributed by atoms with Crippen molar-refractivity contribution in [2.45, 2.75) is 51.7 Å². The molecule has 1 unspecified atom stereocenters. The normalized spacial score (nSPS) is 33.5. The SMILES string of the molecule is CCC1NCC2(CCCCC2)CO1. The first-order valence-corrected chi connectivity index (χ1v) is 5.70. The molecular formula is C11H21NO. The molecule has 0 aromatic carbocycles. The van der Waals surface area contributed by atoms with Gasteiger partial charge in [0.1, 0.15) is 6.23 Å². The molecule has 1 aliphatic heterocycles. The average Bonchev–Trinajstić information content (AvgIpc) is 2.20. The first kappa shape index (κ1) is 9.47. The van der Waals surface area contributed by atoms with Gasteiger partial charge in [0, 0.05) is 12.0 Å². The van der Waals surface area contributed by atoms with Crippen LogP contribution in [0, 0.1) is 5.41 Å². The molecule has 2 nitrogen and oxygen atoms in total. The van der Waals surface area contributed by atoms with E-state index in [1.165, 1.54) is 38.6 Å². The Hall–Kier alpha value is -0.0800. The van der Waals surface area contributed by atoms with Gasteiger partial charge in [-0.3, -0.25) is 5.32 Å². The molecule has 76 valence electrons. The molecule has 2 rings (SSSR count). The molecule has 13 heavy (non-hydrogen) atoms. The van der Waals surface area contributed by atoms with Crippen molar-refractivity contribution in [2.75, 3.05) is 13.2 Å². The molecule has 2 aliphatic rings. The fourth-order valence-corrected chi connectivity index (χ4v) is 2.60. The van der Waals surface area contributed by atoms with Crippen molar-refractivity contribution in [2.24, 2.45) is 5.41 Å². The second-order valence-corrected chi connectivity index (χ2v) is 4.65. The van der Waals surface area contributed by atoms with Gasteiger partial charge in [0.15, 0.2) is 0 Å². The highest BCUT2D eigenvalue weighted by Crippen LogP contribution is 2.37. The second kappa shape index (κ2) is 3.97. The van der Waals surface area contributed by atoms with Crippen LogP contribution in [0.2, 0.25) is 0 Å². The maximum absolute atomic E-state index is 5.81. The number of rotatable bonds is 1. The molecule has 1 saturated carbocycles. The Morgan fingerprint density at radius 1 is 1.31 bits per heavy atom. The molecule has 2 heteroatoms. The summed E-state index contributed by atoms with van der Waals surface area (Å²) in [6.07, 6.45) is 8.40. The summed E-state index contributed by atoms with van der Waals surface area (Å²) in [5, 5.41) is 3.51. The monoisotopic (exact) mass is 183 g/mol. The Kier molecular flexibility index (Phi) is 2.89. The minimum atomic E-state index is 0.326. The van der Waals surface area contributed by atoms with Crippen molar-refractivity contribution >= 4 is 0 Å². The van der Waals surface area contributed by atoms with Gasteiger partial charge in [-0.25, -0.2) is 0 Å². The highest BCUT2D eigenvalue weighted by Gasteiger charge is 2.36. The Labute approximate surface area is 81.0 Å². The lowest BCUT2D eigenvalue weighted by atomic mass is 9.74. The molecule has 0 aromatic heterocycles. The summed E-state index contributed by atoms with van der Waals surface area (Å²) in [5.41, 5.74) is 0.504. The predicted octanol–water partition coefficient (Wildman–Crippen LogP) is 2.29. The van der Waals surface area contributed by atoms with Crippen LogP contribution >= 0.6 is 0 Å². The van der Waals surface area contributed by atoms with Gasteiger partial charge in [-0.15, -0.1) is 0 Å². The molecule has 1 N–H and O–H groups in total. The van der Waals surface area contributed by atoms with Gasteiger partial charge in [-0.05, 0) is 19.3 Å². The average molecular weight is 183 g/mol. The summed E-state index contributed by atoms with van der Waals surface area (Å²) in [6, 6.07) is 0. The van der Waals surface area contributed by atoms with Crippen LogP contribution in [-0.4, -0.2) is 19.4 Å². The van der Waals surface area contributed by atoms with E-state index in [1.807, 2.05) is 0 Å². The molecule has 1 heterocycles. The van der Waals surface area contributed by atoms with Crippen molar-refractivity contribution in [1.29, 1.82) is 0 Å². The van der Waals surface area contributed by atoms with E-state index in [1.54, 1.807) is 0 Å². The van der Waals surface area contributed by atoms with Crippen LogP contribution in [0.4, 0.5) is 0 Å². The molecule has 1 saturated heterocycles. The number of hydrogen-bond donors (Lipinski definition) is 1. The van der Waals surface area contributed by atoms with Crippen LogP contribution in [0.5, 0.6) is 0 Å². The van der Waals surface area contributed by atoms with Gasteiger partial charge in [-0.1, -0.05) is 26.2 Å². The van der Waals surface area contributed by atoms with Crippen molar-refractivity contribution in [3.63, 3.8) is 0 Å². The van der Waals surface area contributed by atoms with Gasteiger partial charge < -0.3 is 4.74 Å². The van der Waals surface area contributed by atoms with E-state index in [9.17, 15) is 0 Å². The number of hydrogen-bond acceptors (Lipinski definition) is 2. The summed E-state index contributed by atoms with van der Waals surface area (Å²) in [6.45, 7) is 4.36. The van der Waals surface area contributed by atoms with Gasteiger partial charge in [0.25, 0.3) is 0 Å². The molecule has 1 aliphatic carbocycles. The smallest absolute Gasteiger partial charge is 0.107 e. The predicted molar refractivity (Wildman–Crippen MR) is 53.6 cm³/mol. The fourth-order valence-electron chi connectivity index (χ4n) is 2.60. The van der Waals surface area contributed by atoms with Crippen LogP contribution in [0.1, 0.15) is 45.4 Å². The first-order valence-electron chi connectivity index (χ1n) is 5.70. The van der Waals surface area contributed by atoms with Crippen molar-refractivity contribution in [3.05, 3.63) is 0 Å². The molecule has 0 aromatic rings. The van der Waals surface area contributed by atoms with E-state index < -0.39 is 0 Å². The molecular weight excluding hydrogens is 162 g/mol. The molecule has 1 atom stereocenters. The fraction of sp³-hybridized carbons (Fsp3) is 1.00. The second-order valence-electron chi connectivity index (χ2n) is 4.65. The highest BCUT2D eigenvalue weighted by atomic mass is 16.5. The van der Waals surface area contributed by atoms with E-state index in [4.69, 9.17) is 4.74 Å². The van der Waals surface area contributed by atoms with Crippen molar-refractivity contribution in [3.8, 4) is 0 Å². The third-order valence-corrected chi connectivity index (χ3v) is 3.58. The lowest BCUT2D eigenvalue weighted by Crippen LogP contribution is -2.50. The van der Waals surface area contributed by atoms with Crippen LogP contribution in [0.3, 0.4) is 0 Å². The third kappa shape index (κ3) is 2.05. The highest BCUT2D eigenvalue weighted by molar-refractivity contribution is 4.87. The Bertz CT molecular complexity index is 153. The van der Waals surface area contributed by atoms with Gasteiger partial charge >= 0.3 is 0 Å². The van der Waals surface area contributed by atoms with Gasteiger partial charge in [0.05, 0.1) is 6.61 Å². The van der Waals surface area contributed by atoms with Crippen molar-refractivity contribution in [1.82, 2.24) is 5.32 Å². The lowest BCUT2D eigenvalue weighted by molar-refractivity contribution is -0.0843. The quantitative estimate of drug-likeness (QED) is 0.673. The summed E-state index contributed by atoms with van der Waals surface area (Å²) < 4.78 is 5.81. The van der Waals surface area contributed by atoms with Crippen molar-refractivity contribution < 1.29 is 4.74 Å². The van der Waals surface area contributed by atoms with Crippen LogP contribution in [-0.2, 0) is 4.74 Å². The number of nitrogens with one attached hydrogen (secondary N) is 1. The summed E-state index contributed by atoms with van der Waals surface area (Å²) in [4.78, 5) is 0. The number of ether oxygens (including phenoxy) is 1. The zero-order chi connectivity index (χ0) is 9.15. The molecule has 2 fully saturated rings. The Morgan fingerprint density at radius 2 is 2.08 bits per heavy atom. The minimum Gasteiger partial charge on any atom is -0.363 e. The maximum atomic E-state index is 5.81.